The molecule has 0 radical (unpaired) electrons. The summed E-state index contributed by atoms with van der Waals surface area (Å²) in [6.07, 6.45) is 1.66. The number of imidazole rings is 1. The number of nitrogens with one attached hydrogen (secondary N) is 1. The summed E-state index contributed by atoms with van der Waals surface area (Å²) < 4.78 is 27.0. The number of rotatable bonds is 4. The summed E-state index contributed by atoms with van der Waals surface area (Å²) in [7, 11) is 0. The number of fused-ring (bicyclic) bond motifs is 1. The largest absolute Gasteiger partial charge is 0.459 e. The molecule has 0 aliphatic carbocycles. The maximum absolute atomic E-state index is 14.9. The lowest BCUT2D eigenvalue weighted by atomic mass is 10.1. The van der Waals surface area contributed by atoms with E-state index in [2.05, 4.69) is 15.0 Å². The predicted molar refractivity (Wildman–Crippen MR) is 86.2 cm³/mol. The van der Waals surface area contributed by atoms with Gasteiger partial charge in [-0.15, -0.1) is 0 Å². The van der Waals surface area contributed by atoms with E-state index in [1.54, 1.807) is 20.8 Å². The van der Waals surface area contributed by atoms with Gasteiger partial charge in [-0.3, -0.25) is 19.1 Å². The first-order valence-electron chi connectivity index (χ1n) is 7.93. The molecule has 0 amide bonds. The number of halogens is 1. The van der Waals surface area contributed by atoms with E-state index >= 15 is 0 Å². The van der Waals surface area contributed by atoms with Gasteiger partial charge in [0.25, 0.3) is 5.56 Å². The summed E-state index contributed by atoms with van der Waals surface area (Å²) in [6.45, 7) is 4.48. The second-order valence-corrected chi connectivity index (χ2v) is 6.66. The van der Waals surface area contributed by atoms with E-state index in [4.69, 9.17) is 15.2 Å². The van der Waals surface area contributed by atoms with Gasteiger partial charge in [0, 0.05) is 12.8 Å². The van der Waals surface area contributed by atoms with Crippen molar-refractivity contribution < 1.29 is 18.7 Å². The number of anilines is 1. The van der Waals surface area contributed by atoms with Crippen molar-refractivity contribution in [1.29, 1.82) is 0 Å². The Hall–Kier alpha value is -2.49. The highest BCUT2D eigenvalue weighted by Gasteiger charge is 2.50. The van der Waals surface area contributed by atoms with Crippen molar-refractivity contribution in [2.24, 2.45) is 5.92 Å². The Morgan fingerprint density at radius 1 is 1.56 bits per heavy atom. The molecular weight excluding hydrogens is 333 g/mol. The second-order valence-electron chi connectivity index (χ2n) is 6.66. The Bertz CT molecular complexity index is 878. The second kappa shape index (κ2) is 5.80. The highest BCUT2D eigenvalue weighted by Crippen LogP contribution is 2.43. The molecule has 1 aliphatic rings. The number of aromatic nitrogens is 4. The lowest BCUT2D eigenvalue weighted by molar-refractivity contribution is -0.224. The van der Waals surface area contributed by atoms with Crippen molar-refractivity contribution in [3.05, 3.63) is 16.7 Å². The van der Waals surface area contributed by atoms with Crippen molar-refractivity contribution in [2.45, 2.75) is 45.2 Å². The number of alkyl halides is 1. The summed E-state index contributed by atoms with van der Waals surface area (Å²) in [5.74, 6) is -3.04. The Morgan fingerprint density at radius 2 is 2.28 bits per heavy atom. The van der Waals surface area contributed by atoms with Crippen molar-refractivity contribution in [2.75, 3.05) is 12.3 Å². The predicted octanol–water partition coefficient (Wildman–Crippen LogP) is 1.05. The van der Waals surface area contributed by atoms with Crippen LogP contribution in [0.4, 0.5) is 10.3 Å². The van der Waals surface area contributed by atoms with E-state index < -0.39 is 29.7 Å². The third-order valence-corrected chi connectivity index (χ3v) is 4.20. The average molecular weight is 353 g/mol. The fraction of sp³-hybridized carbons (Fsp3) is 0.600. The Balaban J connectivity index is 1.87. The van der Waals surface area contributed by atoms with E-state index in [9.17, 15) is 14.0 Å². The van der Waals surface area contributed by atoms with Crippen LogP contribution in [-0.2, 0) is 20.0 Å². The molecule has 2 aromatic rings. The van der Waals surface area contributed by atoms with Crippen molar-refractivity contribution in [1.82, 2.24) is 19.5 Å². The van der Waals surface area contributed by atoms with Gasteiger partial charge < -0.3 is 15.2 Å². The molecule has 2 atom stereocenters. The molecule has 25 heavy (non-hydrogen) atoms. The van der Waals surface area contributed by atoms with Gasteiger partial charge in [-0.25, -0.2) is 9.37 Å². The van der Waals surface area contributed by atoms with Crippen LogP contribution >= 0.6 is 0 Å². The van der Waals surface area contributed by atoms with E-state index in [-0.39, 0.29) is 35.9 Å². The fourth-order valence-electron chi connectivity index (χ4n) is 2.80. The molecule has 3 N–H and O–H groups in total. The summed E-state index contributed by atoms with van der Waals surface area (Å²) in [4.78, 5) is 33.9. The normalized spacial score (nSPS) is 26.4. The molecular formula is C15H20FN5O4. The molecule has 0 unspecified atom stereocenters. The average Bonchev–Trinajstić information content (AvgIpc) is 3.08. The number of nitrogens with two attached hydrogens (primary N) is 1. The maximum atomic E-state index is 14.9. The van der Waals surface area contributed by atoms with E-state index in [0.717, 1.165) is 0 Å². The number of carbonyl (C=O) groups is 1. The van der Waals surface area contributed by atoms with Crippen molar-refractivity contribution in [3.63, 3.8) is 0 Å². The SMILES string of the molecule is CC(C)C(=O)OC[C@]1(F)CC[C@](C)(n2cnc3c(=O)[nH]c(N)nc32)O1. The molecule has 1 fully saturated rings. The lowest BCUT2D eigenvalue weighted by Crippen LogP contribution is -2.37. The van der Waals surface area contributed by atoms with E-state index in [1.807, 2.05) is 0 Å². The number of carbonyl (C=O) groups excluding carboxylic acids is 1. The third kappa shape index (κ3) is 3.09. The summed E-state index contributed by atoms with van der Waals surface area (Å²) >= 11 is 0. The topological polar surface area (TPSA) is 125 Å². The van der Waals surface area contributed by atoms with Crippen LogP contribution < -0.4 is 11.3 Å². The fourth-order valence-corrected chi connectivity index (χ4v) is 2.80. The molecule has 9 nitrogen and oxygen atoms in total. The van der Waals surface area contributed by atoms with Crippen LogP contribution in [0.3, 0.4) is 0 Å². The van der Waals surface area contributed by atoms with Gasteiger partial charge in [0.2, 0.25) is 11.8 Å². The quantitative estimate of drug-likeness (QED) is 0.787. The zero-order chi connectivity index (χ0) is 18.4. The molecule has 10 heteroatoms. The molecule has 2 aromatic heterocycles. The van der Waals surface area contributed by atoms with E-state index in [1.165, 1.54) is 10.9 Å². The van der Waals surface area contributed by atoms with Crippen LogP contribution in [0.1, 0.15) is 33.6 Å². The molecule has 136 valence electrons. The molecule has 0 saturated carbocycles. The monoisotopic (exact) mass is 353 g/mol. The molecule has 3 rings (SSSR count). The summed E-state index contributed by atoms with van der Waals surface area (Å²) in [5.41, 5.74) is 4.24. The molecule has 0 spiro atoms. The maximum Gasteiger partial charge on any atom is 0.308 e. The molecule has 3 heterocycles. The number of hydrogen-bond donors (Lipinski definition) is 2. The van der Waals surface area contributed by atoms with Crippen molar-refractivity contribution >= 4 is 23.1 Å². The van der Waals surface area contributed by atoms with Gasteiger partial charge >= 0.3 is 5.97 Å². The van der Waals surface area contributed by atoms with Gasteiger partial charge in [0.15, 0.2) is 17.8 Å². The number of H-pyrrole nitrogens is 1. The summed E-state index contributed by atoms with van der Waals surface area (Å²) in [6, 6.07) is 0. The molecule has 0 aromatic carbocycles. The highest BCUT2D eigenvalue weighted by molar-refractivity contribution is 5.71. The van der Waals surface area contributed by atoms with Crippen LogP contribution in [0.25, 0.3) is 11.2 Å². The number of hydrogen-bond acceptors (Lipinski definition) is 7. The minimum absolute atomic E-state index is 0.0211. The third-order valence-electron chi connectivity index (χ3n) is 4.20. The van der Waals surface area contributed by atoms with Gasteiger partial charge in [-0.2, -0.15) is 4.98 Å². The van der Waals surface area contributed by atoms with E-state index in [0.29, 0.717) is 0 Å². The van der Waals surface area contributed by atoms with Crippen molar-refractivity contribution in [3.8, 4) is 0 Å². The van der Waals surface area contributed by atoms with Gasteiger partial charge in [0.05, 0.1) is 12.2 Å². The standard InChI is InChI=1S/C15H20FN5O4/c1-8(2)12(23)24-6-15(16)5-4-14(3,25-15)21-7-18-9-10(21)19-13(17)20-11(9)22/h7-8H,4-6H2,1-3H3,(H3,17,19,20,22)/t14-,15+/m1/s1. The molecule has 1 aliphatic heterocycles. The smallest absolute Gasteiger partial charge is 0.308 e. The number of nitrogens with zero attached hydrogens (tertiary/aromatic N) is 3. The summed E-state index contributed by atoms with van der Waals surface area (Å²) in [5, 5.41) is 0. The Morgan fingerprint density at radius 3 is 2.96 bits per heavy atom. The van der Waals surface area contributed by atoms with Crippen LogP contribution in [0.2, 0.25) is 0 Å². The number of esters is 1. The zero-order valence-corrected chi connectivity index (χ0v) is 14.2. The van der Waals surface area contributed by atoms with Gasteiger partial charge in [-0.05, 0) is 6.92 Å². The van der Waals surface area contributed by atoms with Gasteiger partial charge in [-0.1, -0.05) is 13.8 Å². The Kier molecular flexibility index (Phi) is 4.02. The van der Waals surface area contributed by atoms with Crippen LogP contribution in [0, 0.1) is 5.92 Å². The first-order chi connectivity index (χ1) is 11.6. The van der Waals surface area contributed by atoms with Crippen LogP contribution in [-0.4, -0.2) is 38.0 Å². The Labute approximate surface area is 142 Å². The minimum atomic E-state index is -2.12. The minimum Gasteiger partial charge on any atom is -0.459 e. The van der Waals surface area contributed by atoms with Crippen LogP contribution in [0.15, 0.2) is 11.1 Å². The number of ether oxygens (including phenoxy) is 2. The lowest BCUT2D eigenvalue weighted by Gasteiger charge is -2.29. The highest BCUT2D eigenvalue weighted by atomic mass is 19.2. The molecule has 0 bridgehead atoms. The first-order valence-corrected chi connectivity index (χ1v) is 7.93. The molecule has 1 saturated heterocycles. The number of nitrogen functional groups attached to an aromatic ring is 1. The van der Waals surface area contributed by atoms with Crippen LogP contribution in [0.5, 0.6) is 0 Å². The van der Waals surface area contributed by atoms with Gasteiger partial charge in [0.1, 0.15) is 5.72 Å². The number of aromatic amines is 1. The first kappa shape index (κ1) is 17.3. The zero-order valence-electron chi connectivity index (χ0n) is 14.2.